The maximum Gasteiger partial charge on any atom is 0.251 e. The molecule has 1 fully saturated rings. The number of methoxy groups -OCH3 is 1. The van der Waals surface area contributed by atoms with Crippen LogP contribution in [0.5, 0.6) is 0 Å². The highest BCUT2D eigenvalue weighted by Gasteiger charge is 2.49. The van der Waals surface area contributed by atoms with Crippen LogP contribution < -0.4 is 11.1 Å². The van der Waals surface area contributed by atoms with Gasteiger partial charge in [0.15, 0.2) is 0 Å². The Bertz CT molecular complexity index is 468. The van der Waals surface area contributed by atoms with Crippen LogP contribution in [0.1, 0.15) is 36.2 Å². The van der Waals surface area contributed by atoms with Crippen molar-refractivity contribution < 1.29 is 9.53 Å². The van der Waals surface area contributed by atoms with Gasteiger partial charge in [-0.25, -0.2) is 0 Å². The van der Waals surface area contributed by atoms with Crippen LogP contribution in [0, 0.1) is 5.41 Å². The first-order chi connectivity index (χ1) is 9.48. The summed E-state index contributed by atoms with van der Waals surface area (Å²) in [7, 11) is 1.72. The topological polar surface area (TPSA) is 64.3 Å². The Morgan fingerprint density at radius 3 is 2.55 bits per heavy atom. The van der Waals surface area contributed by atoms with Gasteiger partial charge in [-0.1, -0.05) is 26.0 Å². The van der Waals surface area contributed by atoms with E-state index in [0.717, 1.165) is 18.4 Å². The number of ether oxygens (including phenoxy) is 1. The van der Waals surface area contributed by atoms with Gasteiger partial charge in [-0.2, -0.15) is 0 Å². The fourth-order valence-electron chi connectivity index (χ4n) is 2.76. The molecule has 1 aliphatic rings. The molecule has 1 saturated carbocycles. The van der Waals surface area contributed by atoms with E-state index in [-0.39, 0.29) is 23.5 Å². The van der Waals surface area contributed by atoms with Crippen LogP contribution in [0.2, 0.25) is 0 Å². The number of benzene rings is 1. The standard InChI is InChI=1S/C16H24N2O2/c1-16(2)13(10-14(16)20-3)18-15(19)12-6-4-11(5-7-12)8-9-17/h4-7,13-14H,8-10,17H2,1-3H3,(H,18,19). The van der Waals surface area contributed by atoms with Crippen LogP contribution >= 0.6 is 0 Å². The number of amides is 1. The first kappa shape index (κ1) is 15.0. The highest BCUT2D eigenvalue weighted by molar-refractivity contribution is 5.94. The lowest BCUT2D eigenvalue weighted by molar-refractivity contribution is -0.0942. The predicted molar refractivity (Wildman–Crippen MR) is 79.6 cm³/mol. The van der Waals surface area contributed by atoms with Gasteiger partial charge in [0, 0.05) is 24.1 Å². The molecule has 0 bridgehead atoms. The zero-order valence-corrected chi connectivity index (χ0v) is 12.5. The summed E-state index contributed by atoms with van der Waals surface area (Å²) in [5.74, 6) is -0.0167. The Morgan fingerprint density at radius 2 is 2.05 bits per heavy atom. The molecule has 0 spiro atoms. The van der Waals surface area contributed by atoms with Gasteiger partial charge in [0.05, 0.1) is 6.10 Å². The molecule has 1 amide bonds. The quantitative estimate of drug-likeness (QED) is 0.861. The minimum Gasteiger partial charge on any atom is -0.381 e. The van der Waals surface area contributed by atoms with Crippen LogP contribution in [-0.4, -0.2) is 31.7 Å². The molecule has 0 heterocycles. The van der Waals surface area contributed by atoms with Crippen molar-refractivity contribution in [3.05, 3.63) is 35.4 Å². The average molecular weight is 276 g/mol. The molecule has 1 aromatic rings. The minimum absolute atomic E-state index is 0.0100. The van der Waals surface area contributed by atoms with E-state index in [0.29, 0.717) is 12.1 Å². The van der Waals surface area contributed by atoms with Crippen molar-refractivity contribution in [3.63, 3.8) is 0 Å². The zero-order chi connectivity index (χ0) is 14.8. The number of hydrogen-bond acceptors (Lipinski definition) is 3. The van der Waals surface area contributed by atoms with Crippen molar-refractivity contribution in [2.45, 2.75) is 38.8 Å². The van der Waals surface area contributed by atoms with Crippen LogP contribution in [0.25, 0.3) is 0 Å². The molecule has 2 atom stereocenters. The highest BCUT2D eigenvalue weighted by Crippen LogP contribution is 2.42. The van der Waals surface area contributed by atoms with Gasteiger partial charge in [-0.05, 0) is 37.1 Å². The normalized spacial score (nSPS) is 24.0. The lowest BCUT2D eigenvalue weighted by Gasteiger charge is -2.51. The van der Waals surface area contributed by atoms with E-state index >= 15 is 0 Å². The van der Waals surface area contributed by atoms with E-state index in [1.807, 2.05) is 24.3 Å². The number of rotatable bonds is 5. The average Bonchev–Trinajstić information content (AvgIpc) is 2.44. The molecule has 110 valence electrons. The fourth-order valence-corrected chi connectivity index (χ4v) is 2.76. The molecule has 0 saturated heterocycles. The summed E-state index contributed by atoms with van der Waals surface area (Å²) < 4.78 is 5.40. The summed E-state index contributed by atoms with van der Waals surface area (Å²) in [5.41, 5.74) is 7.36. The van der Waals surface area contributed by atoms with Gasteiger partial charge >= 0.3 is 0 Å². The molecule has 0 aromatic heterocycles. The van der Waals surface area contributed by atoms with Gasteiger partial charge in [0.1, 0.15) is 0 Å². The van der Waals surface area contributed by atoms with Crippen molar-refractivity contribution in [2.24, 2.45) is 11.1 Å². The smallest absolute Gasteiger partial charge is 0.251 e. The van der Waals surface area contributed by atoms with Crippen molar-refractivity contribution in [2.75, 3.05) is 13.7 Å². The van der Waals surface area contributed by atoms with Crippen molar-refractivity contribution in [1.82, 2.24) is 5.32 Å². The Kier molecular flexibility index (Phi) is 4.45. The third kappa shape index (κ3) is 2.86. The van der Waals surface area contributed by atoms with Crippen molar-refractivity contribution >= 4 is 5.91 Å². The molecule has 3 N–H and O–H groups in total. The van der Waals surface area contributed by atoms with Crippen LogP contribution in [0.3, 0.4) is 0 Å². The predicted octanol–water partition coefficient (Wildman–Crippen LogP) is 1.73. The maximum atomic E-state index is 12.2. The summed E-state index contributed by atoms with van der Waals surface area (Å²) in [5, 5.41) is 3.10. The van der Waals surface area contributed by atoms with E-state index in [1.165, 1.54) is 0 Å². The monoisotopic (exact) mass is 276 g/mol. The van der Waals surface area contributed by atoms with Crippen molar-refractivity contribution in [3.8, 4) is 0 Å². The largest absolute Gasteiger partial charge is 0.381 e. The van der Waals surface area contributed by atoms with E-state index in [4.69, 9.17) is 10.5 Å². The first-order valence-corrected chi connectivity index (χ1v) is 7.11. The summed E-state index contributed by atoms with van der Waals surface area (Å²) in [6.07, 6.45) is 1.94. The summed E-state index contributed by atoms with van der Waals surface area (Å²) in [6, 6.07) is 7.82. The Balaban J connectivity index is 1.96. The fraction of sp³-hybridized carbons (Fsp3) is 0.562. The van der Waals surface area contributed by atoms with E-state index in [2.05, 4.69) is 19.2 Å². The van der Waals surface area contributed by atoms with Gasteiger partial charge in [0.25, 0.3) is 5.91 Å². The molecular weight excluding hydrogens is 252 g/mol. The van der Waals surface area contributed by atoms with Crippen LogP contribution in [-0.2, 0) is 11.2 Å². The van der Waals surface area contributed by atoms with Gasteiger partial charge in [-0.15, -0.1) is 0 Å². The lowest BCUT2D eigenvalue weighted by atomic mass is 9.64. The zero-order valence-electron chi connectivity index (χ0n) is 12.5. The number of carbonyl (C=O) groups excluding carboxylic acids is 1. The second-order valence-corrected chi connectivity index (χ2v) is 6.04. The van der Waals surface area contributed by atoms with Crippen molar-refractivity contribution in [1.29, 1.82) is 0 Å². The molecule has 1 aliphatic carbocycles. The SMILES string of the molecule is COC1CC(NC(=O)c2ccc(CCN)cc2)C1(C)C. The third-order valence-corrected chi connectivity index (χ3v) is 4.42. The molecule has 4 nitrogen and oxygen atoms in total. The molecule has 2 rings (SSSR count). The summed E-state index contributed by atoms with van der Waals surface area (Å²) >= 11 is 0. The lowest BCUT2D eigenvalue weighted by Crippen LogP contribution is -2.61. The van der Waals surface area contributed by atoms with Gasteiger partial charge in [0.2, 0.25) is 0 Å². The molecule has 4 heteroatoms. The molecule has 20 heavy (non-hydrogen) atoms. The molecule has 0 aliphatic heterocycles. The van der Waals surface area contributed by atoms with E-state index < -0.39 is 0 Å². The molecule has 2 unspecified atom stereocenters. The molecular formula is C16H24N2O2. The second-order valence-electron chi connectivity index (χ2n) is 6.04. The van der Waals surface area contributed by atoms with Gasteiger partial charge in [-0.3, -0.25) is 4.79 Å². The third-order valence-electron chi connectivity index (χ3n) is 4.42. The number of nitrogens with one attached hydrogen (secondary N) is 1. The number of nitrogens with two attached hydrogens (primary N) is 1. The number of hydrogen-bond donors (Lipinski definition) is 2. The minimum atomic E-state index is -0.0167. The maximum absolute atomic E-state index is 12.2. The highest BCUT2D eigenvalue weighted by atomic mass is 16.5. The Labute approximate surface area is 120 Å². The summed E-state index contributed by atoms with van der Waals surface area (Å²) in [6.45, 7) is 4.88. The Morgan fingerprint density at radius 1 is 1.40 bits per heavy atom. The number of carbonyl (C=O) groups is 1. The second kappa shape index (κ2) is 5.94. The van der Waals surface area contributed by atoms with Crippen LogP contribution in [0.4, 0.5) is 0 Å². The molecule has 0 radical (unpaired) electrons. The van der Waals surface area contributed by atoms with Gasteiger partial charge < -0.3 is 15.8 Å². The molecule has 1 aromatic carbocycles. The Hall–Kier alpha value is -1.39. The van der Waals surface area contributed by atoms with E-state index in [9.17, 15) is 4.79 Å². The first-order valence-electron chi connectivity index (χ1n) is 7.11. The van der Waals surface area contributed by atoms with Crippen LogP contribution in [0.15, 0.2) is 24.3 Å². The summed E-state index contributed by atoms with van der Waals surface area (Å²) in [4.78, 5) is 12.2. The van der Waals surface area contributed by atoms with E-state index in [1.54, 1.807) is 7.11 Å².